The van der Waals surface area contributed by atoms with Gasteiger partial charge in [-0.1, -0.05) is 25.0 Å². The van der Waals surface area contributed by atoms with Crippen molar-refractivity contribution in [3.05, 3.63) is 33.4 Å². The van der Waals surface area contributed by atoms with Crippen LogP contribution in [-0.4, -0.2) is 13.7 Å². The second-order valence-corrected chi connectivity index (χ2v) is 5.03. The summed E-state index contributed by atoms with van der Waals surface area (Å²) in [6.07, 6.45) is 6.31. The lowest BCUT2D eigenvalue weighted by molar-refractivity contribution is 0.192. The molecule has 1 aromatic rings. The van der Waals surface area contributed by atoms with E-state index in [0.717, 1.165) is 6.61 Å². The van der Waals surface area contributed by atoms with Crippen molar-refractivity contribution in [2.75, 3.05) is 13.7 Å². The van der Waals surface area contributed by atoms with Gasteiger partial charge in [0.15, 0.2) is 0 Å². The third kappa shape index (κ3) is 6.15. The number of hydrogen-bond donors (Lipinski definition) is 0. The monoisotopic (exact) mass is 318 g/mol. The zero-order chi connectivity index (χ0) is 10.9. The SMILES string of the molecule is COCCCCCCc1cccc(I)c1. The van der Waals surface area contributed by atoms with Gasteiger partial charge in [0.05, 0.1) is 0 Å². The summed E-state index contributed by atoms with van der Waals surface area (Å²) in [6.45, 7) is 0.906. The number of hydrogen-bond acceptors (Lipinski definition) is 1. The number of aryl methyl sites for hydroxylation is 1. The van der Waals surface area contributed by atoms with Crippen molar-refractivity contribution in [1.82, 2.24) is 0 Å². The van der Waals surface area contributed by atoms with E-state index in [0.29, 0.717) is 0 Å². The molecule has 84 valence electrons. The van der Waals surface area contributed by atoms with E-state index in [1.54, 1.807) is 7.11 Å². The highest BCUT2D eigenvalue weighted by Gasteiger charge is 1.94. The second kappa shape index (κ2) is 8.11. The van der Waals surface area contributed by atoms with Crippen LogP contribution in [0.15, 0.2) is 24.3 Å². The van der Waals surface area contributed by atoms with Gasteiger partial charge in [-0.2, -0.15) is 0 Å². The number of ether oxygens (including phenoxy) is 1. The number of rotatable bonds is 7. The molecule has 0 aliphatic carbocycles. The van der Waals surface area contributed by atoms with Gasteiger partial charge < -0.3 is 4.74 Å². The Morgan fingerprint density at radius 1 is 1.13 bits per heavy atom. The fourth-order valence-electron chi connectivity index (χ4n) is 1.62. The Morgan fingerprint density at radius 3 is 2.67 bits per heavy atom. The van der Waals surface area contributed by atoms with Crippen molar-refractivity contribution in [2.45, 2.75) is 32.1 Å². The van der Waals surface area contributed by atoms with Crippen LogP contribution in [0, 0.1) is 3.57 Å². The summed E-state index contributed by atoms with van der Waals surface area (Å²) < 4.78 is 6.36. The molecule has 15 heavy (non-hydrogen) atoms. The number of methoxy groups -OCH3 is 1. The van der Waals surface area contributed by atoms with E-state index in [2.05, 4.69) is 46.9 Å². The molecule has 0 aromatic heterocycles. The molecule has 0 atom stereocenters. The van der Waals surface area contributed by atoms with Gasteiger partial charge in [0, 0.05) is 17.3 Å². The number of unbranched alkanes of at least 4 members (excludes halogenated alkanes) is 3. The molecule has 0 amide bonds. The van der Waals surface area contributed by atoms with Crippen molar-refractivity contribution < 1.29 is 4.74 Å². The average molecular weight is 318 g/mol. The Morgan fingerprint density at radius 2 is 1.93 bits per heavy atom. The van der Waals surface area contributed by atoms with Crippen LogP contribution in [0.2, 0.25) is 0 Å². The van der Waals surface area contributed by atoms with E-state index < -0.39 is 0 Å². The van der Waals surface area contributed by atoms with Crippen LogP contribution in [0.4, 0.5) is 0 Å². The van der Waals surface area contributed by atoms with Gasteiger partial charge in [-0.3, -0.25) is 0 Å². The zero-order valence-electron chi connectivity index (χ0n) is 9.34. The van der Waals surface area contributed by atoms with E-state index >= 15 is 0 Å². The summed E-state index contributed by atoms with van der Waals surface area (Å²) in [5, 5.41) is 0. The standard InChI is InChI=1S/C13H19IO/c1-15-10-5-3-2-4-7-12-8-6-9-13(14)11-12/h6,8-9,11H,2-5,7,10H2,1H3. The maximum absolute atomic E-state index is 5.02. The van der Waals surface area contributed by atoms with Gasteiger partial charge in [0.2, 0.25) is 0 Å². The minimum absolute atomic E-state index is 0.906. The van der Waals surface area contributed by atoms with Gasteiger partial charge >= 0.3 is 0 Å². The molecule has 0 spiro atoms. The Kier molecular flexibility index (Phi) is 7.01. The molecule has 0 bridgehead atoms. The van der Waals surface area contributed by atoms with Crippen LogP contribution in [0.5, 0.6) is 0 Å². The van der Waals surface area contributed by atoms with E-state index in [4.69, 9.17) is 4.74 Å². The lowest BCUT2D eigenvalue weighted by atomic mass is 10.1. The fourth-order valence-corrected chi connectivity index (χ4v) is 2.23. The summed E-state index contributed by atoms with van der Waals surface area (Å²) in [4.78, 5) is 0. The van der Waals surface area contributed by atoms with Crippen molar-refractivity contribution in [3.8, 4) is 0 Å². The van der Waals surface area contributed by atoms with E-state index in [9.17, 15) is 0 Å². The molecule has 1 rings (SSSR count). The Balaban J connectivity index is 2.10. The molecular formula is C13H19IO. The number of benzene rings is 1. The molecular weight excluding hydrogens is 299 g/mol. The van der Waals surface area contributed by atoms with E-state index in [1.807, 2.05) is 0 Å². The maximum atomic E-state index is 5.02. The molecule has 0 aliphatic heterocycles. The third-order valence-corrected chi connectivity index (χ3v) is 3.12. The largest absolute Gasteiger partial charge is 0.385 e. The topological polar surface area (TPSA) is 9.23 Å². The van der Waals surface area contributed by atoms with E-state index in [-0.39, 0.29) is 0 Å². The zero-order valence-corrected chi connectivity index (χ0v) is 11.5. The lowest BCUT2D eigenvalue weighted by Crippen LogP contribution is -1.90. The summed E-state index contributed by atoms with van der Waals surface area (Å²) in [6, 6.07) is 8.78. The summed E-state index contributed by atoms with van der Waals surface area (Å²) in [7, 11) is 1.77. The normalized spacial score (nSPS) is 10.5. The molecule has 0 unspecified atom stereocenters. The highest BCUT2D eigenvalue weighted by atomic mass is 127. The van der Waals surface area contributed by atoms with Crippen molar-refractivity contribution in [3.63, 3.8) is 0 Å². The summed E-state index contributed by atoms with van der Waals surface area (Å²) in [5.74, 6) is 0. The van der Waals surface area contributed by atoms with Crippen LogP contribution < -0.4 is 0 Å². The fraction of sp³-hybridized carbons (Fsp3) is 0.538. The van der Waals surface area contributed by atoms with E-state index in [1.165, 1.54) is 41.2 Å². The molecule has 0 saturated heterocycles. The molecule has 0 N–H and O–H groups in total. The first-order valence-electron chi connectivity index (χ1n) is 5.56. The second-order valence-electron chi connectivity index (χ2n) is 3.79. The minimum atomic E-state index is 0.906. The van der Waals surface area contributed by atoms with Crippen molar-refractivity contribution >= 4 is 22.6 Å². The van der Waals surface area contributed by atoms with Crippen molar-refractivity contribution in [1.29, 1.82) is 0 Å². The van der Waals surface area contributed by atoms with Crippen LogP contribution in [0.25, 0.3) is 0 Å². The number of halogens is 1. The first-order valence-corrected chi connectivity index (χ1v) is 6.64. The maximum Gasteiger partial charge on any atom is 0.0462 e. The molecule has 0 aliphatic rings. The van der Waals surface area contributed by atoms with Gasteiger partial charge in [-0.05, 0) is 59.5 Å². The molecule has 0 saturated carbocycles. The first kappa shape index (κ1) is 13.0. The third-order valence-electron chi connectivity index (χ3n) is 2.45. The quantitative estimate of drug-likeness (QED) is 0.544. The molecule has 0 radical (unpaired) electrons. The van der Waals surface area contributed by atoms with Gasteiger partial charge in [-0.15, -0.1) is 0 Å². The van der Waals surface area contributed by atoms with Crippen LogP contribution in [0.3, 0.4) is 0 Å². The lowest BCUT2D eigenvalue weighted by Gasteiger charge is -2.02. The van der Waals surface area contributed by atoms with Crippen LogP contribution >= 0.6 is 22.6 Å². The van der Waals surface area contributed by atoms with Crippen molar-refractivity contribution in [2.24, 2.45) is 0 Å². The molecule has 0 heterocycles. The van der Waals surface area contributed by atoms with Gasteiger partial charge in [-0.25, -0.2) is 0 Å². The highest BCUT2D eigenvalue weighted by molar-refractivity contribution is 14.1. The van der Waals surface area contributed by atoms with Gasteiger partial charge in [0.25, 0.3) is 0 Å². The molecule has 1 aromatic carbocycles. The highest BCUT2D eigenvalue weighted by Crippen LogP contribution is 2.11. The van der Waals surface area contributed by atoms with Gasteiger partial charge in [0.1, 0.15) is 0 Å². The first-order chi connectivity index (χ1) is 7.33. The Hall–Kier alpha value is -0.0900. The summed E-state index contributed by atoms with van der Waals surface area (Å²) >= 11 is 2.37. The molecule has 2 heteroatoms. The average Bonchev–Trinajstić information content (AvgIpc) is 2.23. The smallest absolute Gasteiger partial charge is 0.0462 e. The summed E-state index contributed by atoms with van der Waals surface area (Å²) in [5.41, 5.74) is 1.47. The predicted molar refractivity (Wildman–Crippen MR) is 73.2 cm³/mol. The predicted octanol–water partition coefficient (Wildman–Crippen LogP) is 4.04. The van der Waals surface area contributed by atoms with Crippen LogP contribution in [-0.2, 0) is 11.2 Å². The molecule has 0 fully saturated rings. The Labute approximate surface area is 106 Å². The molecule has 1 nitrogen and oxygen atoms in total. The van der Waals surface area contributed by atoms with Crippen LogP contribution in [0.1, 0.15) is 31.2 Å². The minimum Gasteiger partial charge on any atom is -0.385 e. The Bertz CT molecular complexity index is 273.